The van der Waals surface area contributed by atoms with Gasteiger partial charge in [0, 0.05) is 6.54 Å². The molecule has 1 rings (SSSR count). The van der Waals surface area contributed by atoms with Crippen molar-refractivity contribution in [2.24, 2.45) is 0 Å². The zero-order valence-corrected chi connectivity index (χ0v) is 12.8. The summed E-state index contributed by atoms with van der Waals surface area (Å²) in [6.07, 6.45) is 0. The van der Waals surface area contributed by atoms with Crippen LogP contribution in [0.1, 0.15) is 37.5 Å². The fraction of sp³-hybridized carbons (Fsp3) is 0.625. The van der Waals surface area contributed by atoms with Crippen molar-refractivity contribution in [3.63, 3.8) is 0 Å². The van der Waals surface area contributed by atoms with E-state index in [0.29, 0.717) is 0 Å². The number of aliphatic hydroxyl groups excluding tert-OH is 2. The average molecular weight is 265 g/mol. The van der Waals surface area contributed by atoms with Crippen LogP contribution < -0.4 is 0 Å². The third-order valence-electron chi connectivity index (χ3n) is 3.67. The SMILES string of the molecule is Cc1cc(C(C)(C)C)ccc1CN(C)C(CO)CO. The maximum Gasteiger partial charge on any atom is 0.0609 e. The lowest BCUT2D eigenvalue weighted by Crippen LogP contribution is -2.37. The quantitative estimate of drug-likeness (QED) is 0.856. The van der Waals surface area contributed by atoms with Crippen molar-refractivity contribution in [3.8, 4) is 0 Å². The van der Waals surface area contributed by atoms with E-state index in [0.717, 1.165) is 6.54 Å². The highest BCUT2D eigenvalue weighted by molar-refractivity contribution is 5.34. The number of aliphatic hydroxyl groups is 2. The zero-order chi connectivity index (χ0) is 14.6. The lowest BCUT2D eigenvalue weighted by Gasteiger charge is -2.26. The third-order valence-corrected chi connectivity index (χ3v) is 3.67. The molecular weight excluding hydrogens is 238 g/mol. The molecule has 0 saturated heterocycles. The van der Waals surface area contributed by atoms with Crippen LogP contribution in [0.5, 0.6) is 0 Å². The van der Waals surface area contributed by atoms with E-state index in [-0.39, 0.29) is 24.7 Å². The minimum absolute atomic E-state index is 0.0217. The van der Waals surface area contributed by atoms with Gasteiger partial charge >= 0.3 is 0 Å². The molecule has 3 nitrogen and oxygen atoms in total. The standard InChI is InChI=1S/C16H27NO2/c1-12-8-14(16(2,3)4)7-6-13(12)9-17(5)15(10-18)11-19/h6-8,15,18-19H,9-11H2,1-5H3. The molecule has 108 valence electrons. The predicted octanol–water partition coefficient (Wildman–Crippen LogP) is 2.08. The fourth-order valence-electron chi connectivity index (χ4n) is 2.07. The van der Waals surface area contributed by atoms with Crippen molar-refractivity contribution in [3.05, 3.63) is 34.9 Å². The van der Waals surface area contributed by atoms with E-state index in [2.05, 4.69) is 45.9 Å². The van der Waals surface area contributed by atoms with Crippen LogP contribution in [0.15, 0.2) is 18.2 Å². The van der Waals surface area contributed by atoms with Crippen molar-refractivity contribution in [2.75, 3.05) is 20.3 Å². The predicted molar refractivity (Wildman–Crippen MR) is 79.3 cm³/mol. The molecule has 0 aliphatic heterocycles. The van der Waals surface area contributed by atoms with E-state index in [1.54, 1.807) is 0 Å². The Labute approximate surface area is 116 Å². The van der Waals surface area contributed by atoms with Crippen LogP contribution in [0.4, 0.5) is 0 Å². The van der Waals surface area contributed by atoms with Crippen LogP contribution in [0, 0.1) is 6.92 Å². The third kappa shape index (κ3) is 4.30. The molecule has 0 bridgehead atoms. The lowest BCUT2D eigenvalue weighted by molar-refractivity contribution is 0.0872. The monoisotopic (exact) mass is 265 g/mol. The van der Waals surface area contributed by atoms with Gasteiger partial charge < -0.3 is 10.2 Å². The van der Waals surface area contributed by atoms with Crippen molar-refractivity contribution in [1.29, 1.82) is 0 Å². The van der Waals surface area contributed by atoms with Gasteiger partial charge in [0.2, 0.25) is 0 Å². The van der Waals surface area contributed by atoms with Gasteiger partial charge in [-0.05, 0) is 36.1 Å². The van der Waals surface area contributed by atoms with E-state index < -0.39 is 0 Å². The molecule has 3 heteroatoms. The maximum atomic E-state index is 9.19. The molecule has 0 fully saturated rings. The van der Waals surface area contributed by atoms with Gasteiger partial charge in [-0.3, -0.25) is 4.90 Å². The Kier molecular flexibility index (Phi) is 5.53. The molecular formula is C16H27NO2. The second-order valence-electron chi connectivity index (χ2n) is 6.33. The smallest absolute Gasteiger partial charge is 0.0609 e. The molecule has 1 aromatic rings. The molecule has 0 heterocycles. The first kappa shape index (κ1) is 16.2. The van der Waals surface area contributed by atoms with Crippen molar-refractivity contribution in [1.82, 2.24) is 4.90 Å². The number of rotatable bonds is 5. The Morgan fingerprint density at radius 1 is 1.16 bits per heavy atom. The van der Waals surface area contributed by atoms with E-state index in [1.807, 2.05) is 11.9 Å². The normalized spacial score (nSPS) is 12.5. The molecule has 0 unspecified atom stereocenters. The number of benzene rings is 1. The van der Waals surface area contributed by atoms with Gasteiger partial charge in [-0.15, -0.1) is 0 Å². The second kappa shape index (κ2) is 6.51. The van der Waals surface area contributed by atoms with Gasteiger partial charge in [-0.2, -0.15) is 0 Å². The Hall–Kier alpha value is -0.900. The van der Waals surface area contributed by atoms with Crippen molar-refractivity contribution < 1.29 is 10.2 Å². The summed E-state index contributed by atoms with van der Waals surface area (Å²) in [5, 5.41) is 18.4. The Bertz CT molecular complexity index is 406. The minimum atomic E-state index is -0.193. The fourth-order valence-corrected chi connectivity index (χ4v) is 2.07. The van der Waals surface area contributed by atoms with Crippen molar-refractivity contribution in [2.45, 2.75) is 45.7 Å². The van der Waals surface area contributed by atoms with Crippen LogP contribution >= 0.6 is 0 Å². The summed E-state index contributed by atoms with van der Waals surface area (Å²) in [6, 6.07) is 6.36. The van der Waals surface area contributed by atoms with Crippen LogP contribution in [0.2, 0.25) is 0 Å². The number of nitrogens with zero attached hydrogens (tertiary/aromatic N) is 1. The Balaban J connectivity index is 2.86. The molecule has 0 aromatic heterocycles. The lowest BCUT2D eigenvalue weighted by atomic mass is 9.85. The Morgan fingerprint density at radius 3 is 2.16 bits per heavy atom. The summed E-state index contributed by atoms with van der Waals surface area (Å²) < 4.78 is 0. The van der Waals surface area contributed by atoms with E-state index in [1.165, 1.54) is 16.7 Å². The summed E-state index contributed by atoms with van der Waals surface area (Å²) in [5.74, 6) is 0. The number of likely N-dealkylation sites (N-methyl/N-ethyl adjacent to an activating group) is 1. The van der Waals surface area contributed by atoms with Crippen LogP contribution in [0.25, 0.3) is 0 Å². The highest BCUT2D eigenvalue weighted by atomic mass is 16.3. The molecule has 0 spiro atoms. The highest BCUT2D eigenvalue weighted by Gasteiger charge is 2.16. The molecule has 19 heavy (non-hydrogen) atoms. The highest BCUT2D eigenvalue weighted by Crippen LogP contribution is 2.24. The summed E-state index contributed by atoms with van der Waals surface area (Å²) in [4.78, 5) is 1.99. The first-order valence-corrected chi connectivity index (χ1v) is 6.81. The van der Waals surface area contributed by atoms with Gasteiger partial charge in [-0.25, -0.2) is 0 Å². The largest absolute Gasteiger partial charge is 0.395 e. The molecule has 0 radical (unpaired) electrons. The summed E-state index contributed by atoms with van der Waals surface area (Å²) in [5.41, 5.74) is 3.99. The van der Waals surface area contributed by atoms with Gasteiger partial charge in [-0.1, -0.05) is 39.0 Å². The van der Waals surface area contributed by atoms with Crippen LogP contribution in [0.3, 0.4) is 0 Å². The van der Waals surface area contributed by atoms with Crippen LogP contribution in [-0.4, -0.2) is 41.4 Å². The van der Waals surface area contributed by atoms with Gasteiger partial charge in [0.15, 0.2) is 0 Å². The molecule has 0 aliphatic rings. The molecule has 0 aliphatic carbocycles. The molecule has 1 aromatic carbocycles. The minimum Gasteiger partial charge on any atom is -0.395 e. The second-order valence-corrected chi connectivity index (χ2v) is 6.33. The van der Waals surface area contributed by atoms with E-state index in [9.17, 15) is 10.2 Å². The number of hydrogen-bond acceptors (Lipinski definition) is 3. The Morgan fingerprint density at radius 2 is 1.74 bits per heavy atom. The van der Waals surface area contributed by atoms with E-state index in [4.69, 9.17) is 0 Å². The topological polar surface area (TPSA) is 43.7 Å². The number of aryl methyl sites for hydroxylation is 1. The first-order chi connectivity index (χ1) is 8.79. The summed E-state index contributed by atoms with van der Waals surface area (Å²) in [6.45, 7) is 9.44. The molecule has 0 saturated carbocycles. The number of hydrogen-bond donors (Lipinski definition) is 2. The first-order valence-electron chi connectivity index (χ1n) is 6.81. The van der Waals surface area contributed by atoms with Gasteiger partial charge in [0.25, 0.3) is 0 Å². The van der Waals surface area contributed by atoms with Gasteiger partial charge in [0.1, 0.15) is 0 Å². The van der Waals surface area contributed by atoms with Crippen LogP contribution in [-0.2, 0) is 12.0 Å². The van der Waals surface area contributed by atoms with Gasteiger partial charge in [0.05, 0.1) is 19.3 Å². The molecule has 0 atom stereocenters. The van der Waals surface area contributed by atoms with Crippen molar-refractivity contribution >= 4 is 0 Å². The van der Waals surface area contributed by atoms with E-state index >= 15 is 0 Å². The average Bonchev–Trinajstić information content (AvgIpc) is 2.32. The molecule has 0 amide bonds. The maximum absolute atomic E-state index is 9.19. The summed E-state index contributed by atoms with van der Waals surface area (Å²) >= 11 is 0. The summed E-state index contributed by atoms with van der Waals surface area (Å²) in [7, 11) is 1.92. The zero-order valence-electron chi connectivity index (χ0n) is 12.8. The molecule has 2 N–H and O–H groups in total.